The van der Waals surface area contributed by atoms with Gasteiger partial charge in [0.2, 0.25) is 0 Å². The molecular weight excluding hydrogens is 172 g/mol. The quantitative estimate of drug-likeness (QED) is 0.668. The maximum absolute atomic E-state index is 11.2. The van der Waals surface area contributed by atoms with Crippen molar-refractivity contribution in [2.75, 3.05) is 20.3 Å². The van der Waals surface area contributed by atoms with Crippen molar-refractivity contribution in [1.29, 1.82) is 0 Å². The molecule has 0 amide bonds. The van der Waals surface area contributed by atoms with Crippen molar-refractivity contribution in [3.05, 3.63) is 17.5 Å². The van der Waals surface area contributed by atoms with Crippen molar-refractivity contribution in [2.24, 2.45) is 0 Å². The van der Waals surface area contributed by atoms with Gasteiger partial charge >= 0.3 is 5.97 Å². The number of nitrogens with zero attached hydrogens (tertiary/aromatic N) is 1. The highest BCUT2D eigenvalue weighted by Crippen LogP contribution is 2.25. The fourth-order valence-corrected chi connectivity index (χ4v) is 1.28. The molecule has 2 rings (SSSR count). The Morgan fingerprint density at radius 3 is 3.08 bits per heavy atom. The molecule has 0 radical (unpaired) electrons. The summed E-state index contributed by atoms with van der Waals surface area (Å²) in [4.78, 5) is 11.2. The third kappa shape index (κ3) is 1.31. The maximum Gasteiger partial charge on any atom is 0.341 e. The van der Waals surface area contributed by atoms with Gasteiger partial charge in [-0.3, -0.25) is 5.10 Å². The smallest absolute Gasteiger partial charge is 0.341 e. The fourth-order valence-electron chi connectivity index (χ4n) is 1.28. The van der Waals surface area contributed by atoms with E-state index < -0.39 is 0 Å². The first kappa shape index (κ1) is 8.25. The summed E-state index contributed by atoms with van der Waals surface area (Å²) in [5, 5.41) is 6.60. The zero-order valence-electron chi connectivity index (χ0n) is 7.24. The zero-order chi connectivity index (χ0) is 9.26. The van der Waals surface area contributed by atoms with E-state index in [1.54, 1.807) is 0 Å². The highest BCUT2D eigenvalue weighted by atomic mass is 16.5. The molecule has 0 saturated carbocycles. The monoisotopic (exact) mass is 182 g/mol. The lowest BCUT2D eigenvalue weighted by Gasteiger charge is -2.25. The first-order chi connectivity index (χ1) is 6.33. The van der Waals surface area contributed by atoms with Crippen LogP contribution in [0.25, 0.3) is 0 Å². The van der Waals surface area contributed by atoms with Gasteiger partial charge in [0, 0.05) is 5.92 Å². The van der Waals surface area contributed by atoms with E-state index in [2.05, 4.69) is 14.9 Å². The number of rotatable bonds is 2. The lowest BCUT2D eigenvalue weighted by molar-refractivity contribution is 0.00604. The number of hydrogen-bond donors (Lipinski definition) is 1. The van der Waals surface area contributed by atoms with E-state index in [1.165, 1.54) is 13.3 Å². The summed E-state index contributed by atoms with van der Waals surface area (Å²) in [5.41, 5.74) is 1.33. The lowest BCUT2D eigenvalue weighted by atomic mass is 10.0. The van der Waals surface area contributed by atoms with Crippen molar-refractivity contribution in [2.45, 2.75) is 5.92 Å². The molecule has 0 unspecified atom stereocenters. The first-order valence-corrected chi connectivity index (χ1v) is 4.02. The van der Waals surface area contributed by atoms with Crippen LogP contribution in [0.3, 0.4) is 0 Å². The van der Waals surface area contributed by atoms with Gasteiger partial charge in [-0.1, -0.05) is 0 Å². The predicted octanol–water partition coefficient (Wildman–Crippen LogP) is 0.310. The Labute approximate surface area is 75.0 Å². The molecule has 2 heterocycles. The van der Waals surface area contributed by atoms with Crippen LogP contribution in [0.5, 0.6) is 0 Å². The van der Waals surface area contributed by atoms with Crippen LogP contribution in [-0.4, -0.2) is 36.5 Å². The molecule has 5 nitrogen and oxygen atoms in total. The summed E-state index contributed by atoms with van der Waals surface area (Å²) >= 11 is 0. The molecule has 70 valence electrons. The molecule has 1 aromatic rings. The molecule has 0 bridgehead atoms. The number of hydrogen-bond acceptors (Lipinski definition) is 4. The van der Waals surface area contributed by atoms with Crippen LogP contribution in [0.2, 0.25) is 0 Å². The molecule has 1 aliphatic rings. The summed E-state index contributed by atoms with van der Waals surface area (Å²) < 4.78 is 9.64. The number of ether oxygens (including phenoxy) is 2. The Bertz CT molecular complexity index is 317. The maximum atomic E-state index is 11.2. The van der Waals surface area contributed by atoms with Gasteiger partial charge in [0.05, 0.1) is 32.2 Å². The van der Waals surface area contributed by atoms with Crippen LogP contribution >= 0.6 is 0 Å². The van der Waals surface area contributed by atoms with Crippen LogP contribution in [0.1, 0.15) is 22.0 Å². The Kier molecular flexibility index (Phi) is 2.02. The average molecular weight is 182 g/mol. The van der Waals surface area contributed by atoms with Crippen LogP contribution < -0.4 is 0 Å². The van der Waals surface area contributed by atoms with E-state index >= 15 is 0 Å². The highest BCUT2D eigenvalue weighted by molar-refractivity contribution is 5.90. The number of methoxy groups -OCH3 is 1. The van der Waals surface area contributed by atoms with E-state index in [1.807, 2.05) is 0 Å². The van der Waals surface area contributed by atoms with Crippen LogP contribution in [0, 0.1) is 0 Å². The standard InChI is InChI=1S/C8H10N2O3/c1-12-8(11)6-2-9-10-7(6)5-3-13-4-5/h2,5H,3-4H2,1H3,(H,9,10). The largest absolute Gasteiger partial charge is 0.465 e. The topological polar surface area (TPSA) is 64.2 Å². The Morgan fingerprint density at radius 2 is 2.54 bits per heavy atom. The Morgan fingerprint density at radius 1 is 1.77 bits per heavy atom. The van der Waals surface area contributed by atoms with Gasteiger partial charge in [-0.05, 0) is 0 Å². The number of H-pyrrole nitrogens is 1. The Balaban J connectivity index is 2.24. The van der Waals surface area contributed by atoms with Crippen LogP contribution in [0.4, 0.5) is 0 Å². The van der Waals surface area contributed by atoms with E-state index in [4.69, 9.17) is 4.74 Å². The summed E-state index contributed by atoms with van der Waals surface area (Å²) in [7, 11) is 1.36. The van der Waals surface area contributed by atoms with E-state index in [0.29, 0.717) is 18.8 Å². The predicted molar refractivity (Wildman–Crippen MR) is 43.5 cm³/mol. The number of carbonyl (C=O) groups excluding carboxylic acids is 1. The van der Waals surface area contributed by atoms with Gasteiger partial charge in [-0.2, -0.15) is 5.10 Å². The molecule has 1 saturated heterocycles. The lowest BCUT2D eigenvalue weighted by Crippen LogP contribution is -2.27. The molecule has 13 heavy (non-hydrogen) atoms. The molecule has 0 spiro atoms. The molecule has 0 atom stereocenters. The van der Waals surface area contributed by atoms with Gasteiger partial charge in [-0.25, -0.2) is 4.79 Å². The van der Waals surface area contributed by atoms with E-state index in [-0.39, 0.29) is 11.9 Å². The second-order valence-electron chi connectivity index (χ2n) is 2.92. The number of aromatic amines is 1. The van der Waals surface area contributed by atoms with Crippen LogP contribution in [-0.2, 0) is 9.47 Å². The molecule has 1 fully saturated rings. The van der Waals surface area contributed by atoms with E-state index in [0.717, 1.165) is 5.69 Å². The SMILES string of the molecule is COC(=O)c1cn[nH]c1C1COC1. The second-order valence-corrected chi connectivity index (χ2v) is 2.92. The minimum atomic E-state index is -0.351. The molecule has 1 aliphatic heterocycles. The molecule has 5 heteroatoms. The molecular formula is C8H10N2O3. The molecule has 0 aliphatic carbocycles. The minimum Gasteiger partial charge on any atom is -0.465 e. The number of carbonyl (C=O) groups is 1. The number of aromatic nitrogens is 2. The zero-order valence-corrected chi connectivity index (χ0v) is 7.24. The van der Waals surface area contributed by atoms with Crippen molar-refractivity contribution in [1.82, 2.24) is 10.2 Å². The normalized spacial score (nSPS) is 16.7. The molecule has 0 aromatic carbocycles. The molecule has 1 N–H and O–H groups in total. The van der Waals surface area contributed by atoms with Gasteiger partial charge in [0.15, 0.2) is 0 Å². The van der Waals surface area contributed by atoms with Gasteiger partial charge in [-0.15, -0.1) is 0 Å². The molecule has 1 aromatic heterocycles. The van der Waals surface area contributed by atoms with Crippen molar-refractivity contribution < 1.29 is 14.3 Å². The van der Waals surface area contributed by atoms with E-state index in [9.17, 15) is 4.79 Å². The summed E-state index contributed by atoms with van der Waals surface area (Å²) in [5.74, 6) is -0.0905. The number of nitrogens with one attached hydrogen (secondary N) is 1. The van der Waals surface area contributed by atoms with Gasteiger partial charge < -0.3 is 9.47 Å². The van der Waals surface area contributed by atoms with Crippen molar-refractivity contribution in [3.8, 4) is 0 Å². The number of esters is 1. The summed E-state index contributed by atoms with van der Waals surface area (Å²) in [6.45, 7) is 1.29. The average Bonchev–Trinajstić information content (AvgIpc) is 2.49. The van der Waals surface area contributed by atoms with Crippen molar-refractivity contribution in [3.63, 3.8) is 0 Å². The van der Waals surface area contributed by atoms with Gasteiger partial charge in [0.25, 0.3) is 0 Å². The fraction of sp³-hybridized carbons (Fsp3) is 0.500. The second kappa shape index (κ2) is 3.18. The van der Waals surface area contributed by atoms with Gasteiger partial charge in [0.1, 0.15) is 5.56 Å². The minimum absolute atomic E-state index is 0.261. The van der Waals surface area contributed by atoms with Crippen molar-refractivity contribution >= 4 is 5.97 Å². The first-order valence-electron chi connectivity index (χ1n) is 4.02. The summed E-state index contributed by atoms with van der Waals surface area (Å²) in [6.07, 6.45) is 1.49. The van der Waals surface area contributed by atoms with Crippen LogP contribution in [0.15, 0.2) is 6.20 Å². The highest BCUT2D eigenvalue weighted by Gasteiger charge is 2.27. The summed E-state index contributed by atoms with van der Waals surface area (Å²) in [6, 6.07) is 0. The third-order valence-corrected chi connectivity index (χ3v) is 2.12. The third-order valence-electron chi connectivity index (χ3n) is 2.12. The Hall–Kier alpha value is -1.36.